The van der Waals surface area contributed by atoms with Crippen LogP contribution in [0, 0.1) is 19.8 Å². The Morgan fingerprint density at radius 1 is 1.14 bits per heavy atom. The van der Waals surface area contributed by atoms with Crippen LogP contribution in [-0.4, -0.2) is 25.3 Å². The first-order chi connectivity index (χ1) is 9.91. The van der Waals surface area contributed by atoms with Crippen LogP contribution in [-0.2, 0) is 10.0 Å². The molecule has 2 unspecified atom stereocenters. The van der Waals surface area contributed by atoms with Gasteiger partial charge in [0.2, 0.25) is 10.0 Å². The van der Waals surface area contributed by atoms with Gasteiger partial charge in [-0.05, 0) is 62.3 Å². The Kier molecular flexibility index (Phi) is 3.74. The zero-order chi connectivity index (χ0) is 15.2. The third-order valence-electron chi connectivity index (χ3n) is 5.19. The quantitative estimate of drug-likeness (QED) is 0.855. The van der Waals surface area contributed by atoms with E-state index < -0.39 is 10.0 Å². The minimum atomic E-state index is -3.43. The van der Waals surface area contributed by atoms with Crippen LogP contribution in [0.2, 0.25) is 0 Å². The lowest BCUT2D eigenvalue weighted by Gasteiger charge is -2.31. The highest BCUT2D eigenvalue weighted by atomic mass is 32.2. The van der Waals surface area contributed by atoms with Gasteiger partial charge in [0.25, 0.3) is 0 Å². The van der Waals surface area contributed by atoms with Crippen LogP contribution in [0.4, 0.5) is 5.69 Å². The SMILES string of the molecule is Cc1cc(N)cc(S(=O)(=O)N2CCC3CCCCC32)c1C. The summed E-state index contributed by atoms with van der Waals surface area (Å²) in [6.07, 6.45) is 5.56. The zero-order valence-corrected chi connectivity index (χ0v) is 13.6. The molecule has 0 aromatic heterocycles. The number of nitrogens with zero attached hydrogens (tertiary/aromatic N) is 1. The van der Waals surface area contributed by atoms with E-state index in [4.69, 9.17) is 5.73 Å². The third-order valence-corrected chi connectivity index (χ3v) is 7.24. The van der Waals surface area contributed by atoms with Gasteiger partial charge < -0.3 is 5.73 Å². The predicted molar refractivity (Wildman–Crippen MR) is 84.6 cm³/mol. The Labute approximate surface area is 127 Å². The van der Waals surface area contributed by atoms with Crippen molar-refractivity contribution >= 4 is 15.7 Å². The van der Waals surface area contributed by atoms with Gasteiger partial charge in [-0.1, -0.05) is 12.8 Å². The normalized spacial score (nSPS) is 26.8. The van der Waals surface area contributed by atoms with Crippen LogP contribution in [0.5, 0.6) is 0 Å². The monoisotopic (exact) mass is 308 g/mol. The minimum Gasteiger partial charge on any atom is -0.399 e. The number of benzene rings is 1. The molecule has 1 aromatic carbocycles. The fraction of sp³-hybridized carbons (Fsp3) is 0.625. The Hall–Kier alpha value is -1.07. The molecule has 0 amide bonds. The van der Waals surface area contributed by atoms with E-state index in [0.717, 1.165) is 30.4 Å². The number of anilines is 1. The van der Waals surface area contributed by atoms with E-state index in [1.807, 2.05) is 19.9 Å². The van der Waals surface area contributed by atoms with Crippen molar-refractivity contribution in [3.63, 3.8) is 0 Å². The number of nitrogen functional groups attached to an aromatic ring is 1. The molecule has 21 heavy (non-hydrogen) atoms. The van der Waals surface area contributed by atoms with Gasteiger partial charge in [0.1, 0.15) is 0 Å². The Morgan fingerprint density at radius 2 is 1.86 bits per heavy atom. The van der Waals surface area contributed by atoms with Crippen LogP contribution < -0.4 is 5.73 Å². The topological polar surface area (TPSA) is 63.4 Å². The number of aryl methyl sites for hydroxylation is 1. The molecule has 1 heterocycles. The van der Waals surface area contributed by atoms with E-state index in [2.05, 4.69) is 0 Å². The summed E-state index contributed by atoms with van der Waals surface area (Å²) in [4.78, 5) is 0.395. The van der Waals surface area contributed by atoms with Crippen molar-refractivity contribution in [2.45, 2.75) is 56.9 Å². The standard InChI is InChI=1S/C16H24N2O2S/c1-11-9-14(17)10-16(12(11)2)21(19,20)18-8-7-13-5-3-4-6-15(13)18/h9-10,13,15H,3-8,17H2,1-2H3. The summed E-state index contributed by atoms with van der Waals surface area (Å²) in [5.74, 6) is 0.552. The first-order valence-electron chi connectivity index (χ1n) is 7.80. The molecule has 0 bridgehead atoms. The fourth-order valence-electron chi connectivity index (χ4n) is 3.91. The van der Waals surface area contributed by atoms with Gasteiger partial charge in [-0.25, -0.2) is 8.42 Å². The maximum atomic E-state index is 13.1. The second-order valence-electron chi connectivity index (χ2n) is 6.48. The second-order valence-corrected chi connectivity index (χ2v) is 8.34. The predicted octanol–water partition coefficient (Wildman–Crippen LogP) is 2.84. The van der Waals surface area contributed by atoms with Crippen LogP contribution >= 0.6 is 0 Å². The highest BCUT2D eigenvalue weighted by Crippen LogP contribution is 2.40. The molecule has 2 fully saturated rings. The molecule has 116 valence electrons. The van der Waals surface area contributed by atoms with E-state index in [-0.39, 0.29) is 6.04 Å². The molecule has 1 aliphatic heterocycles. The van der Waals surface area contributed by atoms with E-state index in [1.165, 1.54) is 12.8 Å². The maximum absolute atomic E-state index is 13.1. The van der Waals surface area contributed by atoms with Crippen LogP contribution in [0.3, 0.4) is 0 Å². The summed E-state index contributed by atoms with van der Waals surface area (Å²) in [6.45, 7) is 4.44. The number of nitrogens with two attached hydrogens (primary N) is 1. The highest BCUT2D eigenvalue weighted by molar-refractivity contribution is 7.89. The first-order valence-corrected chi connectivity index (χ1v) is 9.24. The van der Waals surface area contributed by atoms with Gasteiger partial charge in [-0.2, -0.15) is 4.31 Å². The van der Waals surface area contributed by atoms with Gasteiger partial charge >= 0.3 is 0 Å². The molecule has 4 nitrogen and oxygen atoms in total. The lowest BCUT2D eigenvalue weighted by Crippen LogP contribution is -2.39. The maximum Gasteiger partial charge on any atom is 0.243 e. The molecule has 5 heteroatoms. The molecule has 1 aliphatic carbocycles. The Balaban J connectivity index is 2.01. The van der Waals surface area contributed by atoms with Crippen LogP contribution in [0.25, 0.3) is 0 Å². The van der Waals surface area contributed by atoms with Crippen LogP contribution in [0.15, 0.2) is 17.0 Å². The number of fused-ring (bicyclic) bond motifs is 1. The summed E-state index contributed by atoms with van der Waals surface area (Å²) in [5, 5.41) is 0. The second kappa shape index (κ2) is 5.29. The smallest absolute Gasteiger partial charge is 0.243 e. The first kappa shape index (κ1) is 14.9. The molecule has 1 saturated carbocycles. The molecule has 3 rings (SSSR count). The molecule has 1 aromatic rings. The number of hydrogen-bond donors (Lipinski definition) is 1. The lowest BCUT2D eigenvalue weighted by molar-refractivity contribution is 0.260. The zero-order valence-electron chi connectivity index (χ0n) is 12.8. The molecule has 2 atom stereocenters. The summed E-state index contributed by atoms with van der Waals surface area (Å²) in [7, 11) is -3.43. The van der Waals surface area contributed by atoms with Gasteiger partial charge in [0.05, 0.1) is 4.90 Å². The summed E-state index contributed by atoms with van der Waals surface area (Å²) >= 11 is 0. The number of hydrogen-bond acceptors (Lipinski definition) is 3. The highest BCUT2D eigenvalue weighted by Gasteiger charge is 2.42. The Bertz CT molecular complexity index is 654. The third kappa shape index (κ3) is 2.46. The molecule has 2 N–H and O–H groups in total. The Morgan fingerprint density at radius 3 is 2.62 bits per heavy atom. The molecule has 1 saturated heterocycles. The van der Waals surface area contributed by atoms with Crippen molar-refractivity contribution in [2.24, 2.45) is 5.92 Å². The summed E-state index contributed by atoms with van der Waals surface area (Å²) in [5.41, 5.74) is 8.16. The van der Waals surface area contributed by atoms with Gasteiger partial charge in [0, 0.05) is 18.3 Å². The minimum absolute atomic E-state index is 0.199. The van der Waals surface area contributed by atoms with E-state index in [1.54, 1.807) is 10.4 Å². The average Bonchev–Trinajstić information content (AvgIpc) is 2.87. The van der Waals surface area contributed by atoms with Gasteiger partial charge in [-0.3, -0.25) is 0 Å². The van der Waals surface area contributed by atoms with Crippen molar-refractivity contribution in [1.82, 2.24) is 4.31 Å². The fourth-order valence-corrected chi connectivity index (χ4v) is 5.97. The van der Waals surface area contributed by atoms with E-state index in [9.17, 15) is 8.42 Å². The molecular weight excluding hydrogens is 284 g/mol. The molecule has 0 spiro atoms. The van der Waals surface area contributed by atoms with Crippen molar-refractivity contribution < 1.29 is 8.42 Å². The van der Waals surface area contributed by atoms with Gasteiger partial charge in [-0.15, -0.1) is 0 Å². The average molecular weight is 308 g/mol. The van der Waals surface area contributed by atoms with Crippen molar-refractivity contribution in [3.05, 3.63) is 23.3 Å². The van der Waals surface area contributed by atoms with Gasteiger partial charge in [0.15, 0.2) is 0 Å². The molecule has 0 radical (unpaired) electrons. The van der Waals surface area contributed by atoms with Crippen molar-refractivity contribution in [2.75, 3.05) is 12.3 Å². The van der Waals surface area contributed by atoms with Crippen LogP contribution in [0.1, 0.15) is 43.2 Å². The number of rotatable bonds is 2. The molecule has 2 aliphatic rings. The largest absolute Gasteiger partial charge is 0.399 e. The van der Waals surface area contributed by atoms with E-state index >= 15 is 0 Å². The molecular formula is C16H24N2O2S. The van der Waals surface area contributed by atoms with Crippen molar-refractivity contribution in [3.8, 4) is 0 Å². The van der Waals surface area contributed by atoms with E-state index in [0.29, 0.717) is 23.0 Å². The lowest BCUT2D eigenvalue weighted by atomic mass is 9.86. The number of sulfonamides is 1. The van der Waals surface area contributed by atoms with Crippen molar-refractivity contribution in [1.29, 1.82) is 0 Å². The summed E-state index contributed by atoms with van der Waals surface area (Å²) < 4.78 is 27.9. The summed E-state index contributed by atoms with van der Waals surface area (Å²) in [6, 6.07) is 3.65.